The van der Waals surface area contributed by atoms with E-state index in [4.69, 9.17) is 11.6 Å². The van der Waals surface area contributed by atoms with Gasteiger partial charge in [-0.15, -0.1) is 0 Å². The van der Waals surface area contributed by atoms with Crippen LogP contribution in [0.25, 0.3) is 6.08 Å². The van der Waals surface area contributed by atoms with Gasteiger partial charge in [0.15, 0.2) is 0 Å². The zero-order valence-corrected chi connectivity index (χ0v) is 12.9. The molecule has 0 aromatic heterocycles. The van der Waals surface area contributed by atoms with Crippen molar-refractivity contribution in [3.05, 3.63) is 74.9 Å². The van der Waals surface area contributed by atoms with Gasteiger partial charge in [-0.1, -0.05) is 29.8 Å². The number of nitrogens with one attached hydrogen (secondary N) is 1. The normalized spacial score (nSPS) is 15.7. The third-order valence-electron chi connectivity index (χ3n) is 3.34. The van der Waals surface area contributed by atoms with E-state index < -0.39 is 16.9 Å². The molecule has 0 saturated carbocycles. The highest BCUT2D eigenvalue weighted by Gasteiger charge is 2.34. The lowest BCUT2D eigenvalue weighted by molar-refractivity contribution is -0.384. The third kappa shape index (κ3) is 2.97. The summed E-state index contributed by atoms with van der Waals surface area (Å²) in [6.45, 7) is 0. The number of hydrogen-bond acceptors (Lipinski definition) is 4. The van der Waals surface area contributed by atoms with Crippen molar-refractivity contribution in [1.29, 1.82) is 0 Å². The zero-order chi connectivity index (χ0) is 17.3. The van der Waals surface area contributed by atoms with Crippen LogP contribution in [0.1, 0.15) is 5.56 Å². The van der Waals surface area contributed by atoms with E-state index in [1.54, 1.807) is 24.3 Å². The van der Waals surface area contributed by atoms with Crippen LogP contribution in [-0.4, -0.2) is 16.9 Å². The molecular weight excluding hydrogens is 334 g/mol. The minimum absolute atomic E-state index is 0.0282. The molecule has 0 radical (unpaired) electrons. The lowest BCUT2D eigenvalue weighted by atomic mass is 10.1. The van der Waals surface area contributed by atoms with E-state index in [1.165, 1.54) is 30.3 Å². The molecule has 8 heteroatoms. The quantitative estimate of drug-likeness (QED) is 0.400. The maximum atomic E-state index is 12.4. The highest BCUT2D eigenvalue weighted by molar-refractivity contribution is 6.32. The Kier molecular flexibility index (Phi) is 4.01. The van der Waals surface area contributed by atoms with Gasteiger partial charge < -0.3 is 5.32 Å². The van der Waals surface area contributed by atoms with Crippen LogP contribution in [0.4, 0.5) is 16.2 Å². The lowest BCUT2D eigenvalue weighted by Crippen LogP contribution is -2.30. The maximum Gasteiger partial charge on any atom is 0.333 e. The standard InChI is InChI=1S/C16H10ClN3O4/c17-11-4-2-5-12(9-11)19-15(21)14(18-16(19)22)8-10-3-1-6-13(7-10)20(23)24/h1-9H,(H,18,22)/b14-8-. The summed E-state index contributed by atoms with van der Waals surface area (Å²) in [7, 11) is 0. The summed E-state index contributed by atoms with van der Waals surface area (Å²) in [6, 6.07) is 11.5. The van der Waals surface area contributed by atoms with Crippen molar-refractivity contribution in [2.24, 2.45) is 0 Å². The Morgan fingerprint density at radius 2 is 1.88 bits per heavy atom. The minimum atomic E-state index is -0.612. The molecule has 2 aromatic rings. The van der Waals surface area contributed by atoms with Crippen molar-refractivity contribution in [3.8, 4) is 0 Å². The van der Waals surface area contributed by atoms with Crippen molar-refractivity contribution < 1.29 is 14.5 Å². The van der Waals surface area contributed by atoms with Crippen LogP contribution in [0.15, 0.2) is 54.2 Å². The largest absolute Gasteiger partial charge is 0.333 e. The SMILES string of the molecule is O=C1N/C(=C\c2cccc([N+](=O)[O-])c2)C(=O)N1c1cccc(Cl)c1. The minimum Gasteiger partial charge on any atom is -0.302 e. The average Bonchev–Trinajstić information content (AvgIpc) is 2.81. The van der Waals surface area contributed by atoms with Gasteiger partial charge in [0.25, 0.3) is 11.6 Å². The average molecular weight is 344 g/mol. The van der Waals surface area contributed by atoms with E-state index in [1.807, 2.05) is 0 Å². The number of nitro groups is 1. The van der Waals surface area contributed by atoms with Gasteiger partial charge >= 0.3 is 6.03 Å². The topological polar surface area (TPSA) is 92.5 Å². The highest BCUT2D eigenvalue weighted by atomic mass is 35.5. The Hall–Kier alpha value is -3.19. The van der Waals surface area contributed by atoms with Gasteiger partial charge in [0.05, 0.1) is 10.6 Å². The number of carbonyl (C=O) groups excluding carboxylic acids is 2. The Morgan fingerprint density at radius 1 is 1.12 bits per heavy atom. The molecule has 0 bridgehead atoms. The number of carbonyl (C=O) groups is 2. The Morgan fingerprint density at radius 3 is 2.58 bits per heavy atom. The van der Waals surface area contributed by atoms with Gasteiger partial charge in [-0.05, 0) is 29.8 Å². The van der Waals surface area contributed by atoms with Crippen molar-refractivity contribution in [2.75, 3.05) is 4.90 Å². The zero-order valence-electron chi connectivity index (χ0n) is 12.1. The molecule has 3 amide bonds. The molecule has 1 aliphatic heterocycles. The summed E-state index contributed by atoms with van der Waals surface area (Å²) in [5.74, 6) is -0.561. The van der Waals surface area contributed by atoms with Gasteiger partial charge in [-0.25, -0.2) is 9.69 Å². The third-order valence-corrected chi connectivity index (χ3v) is 3.57. The molecule has 2 aromatic carbocycles. The number of non-ortho nitro benzene ring substituents is 1. The Balaban J connectivity index is 1.94. The molecule has 0 atom stereocenters. The van der Waals surface area contributed by atoms with E-state index in [0.717, 1.165) is 4.90 Å². The van der Waals surface area contributed by atoms with Gasteiger partial charge in [-0.3, -0.25) is 14.9 Å². The maximum absolute atomic E-state index is 12.4. The fourth-order valence-corrected chi connectivity index (χ4v) is 2.46. The first-order valence-electron chi connectivity index (χ1n) is 6.83. The highest BCUT2D eigenvalue weighted by Crippen LogP contribution is 2.25. The summed E-state index contributed by atoms with van der Waals surface area (Å²) in [5, 5.41) is 13.7. The summed E-state index contributed by atoms with van der Waals surface area (Å²) in [6.07, 6.45) is 1.39. The van der Waals surface area contributed by atoms with E-state index in [9.17, 15) is 19.7 Å². The number of halogens is 1. The Bertz CT molecular complexity index is 894. The fraction of sp³-hybridized carbons (Fsp3) is 0. The van der Waals surface area contributed by atoms with Crippen molar-refractivity contribution in [2.45, 2.75) is 0 Å². The monoisotopic (exact) mass is 343 g/mol. The molecule has 0 spiro atoms. The van der Waals surface area contributed by atoms with E-state index in [0.29, 0.717) is 16.3 Å². The summed E-state index contributed by atoms with van der Waals surface area (Å²) in [4.78, 5) is 35.7. The molecule has 1 N–H and O–H groups in total. The predicted octanol–water partition coefficient (Wildman–Crippen LogP) is 3.35. The van der Waals surface area contributed by atoms with Crippen LogP contribution >= 0.6 is 11.6 Å². The van der Waals surface area contributed by atoms with Crippen LogP contribution in [0, 0.1) is 10.1 Å². The summed E-state index contributed by atoms with van der Waals surface area (Å²) < 4.78 is 0. The first kappa shape index (κ1) is 15.7. The first-order valence-corrected chi connectivity index (χ1v) is 7.20. The number of rotatable bonds is 3. The molecule has 1 aliphatic rings. The van der Waals surface area contributed by atoms with Gasteiger partial charge in [-0.2, -0.15) is 0 Å². The second-order valence-corrected chi connectivity index (χ2v) is 5.40. The molecule has 3 rings (SSSR count). The molecule has 24 heavy (non-hydrogen) atoms. The fourth-order valence-electron chi connectivity index (χ4n) is 2.28. The molecule has 1 saturated heterocycles. The lowest BCUT2D eigenvalue weighted by Gasteiger charge is -2.11. The number of nitro benzene ring substituents is 1. The van der Waals surface area contributed by atoms with Gasteiger partial charge in [0.2, 0.25) is 0 Å². The molecule has 0 aliphatic carbocycles. The Labute approximate surface area is 141 Å². The summed E-state index contributed by atoms with van der Waals surface area (Å²) >= 11 is 5.88. The number of nitrogens with zero attached hydrogens (tertiary/aromatic N) is 2. The van der Waals surface area contributed by atoms with Crippen LogP contribution in [-0.2, 0) is 4.79 Å². The van der Waals surface area contributed by atoms with Crippen LogP contribution in [0.5, 0.6) is 0 Å². The number of hydrogen-bond donors (Lipinski definition) is 1. The second kappa shape index (κ2) is 6.13. The molecular formula is C16H10ClN3O4. The molecule has 7 nitrogen and oxygen atoms in total. The molecule has 120 valence electrons. The number of urea groups is 1. The van der Waals surface area contributed by atoms with Crippen molar-refractivity contribution in [3.63, 3.8) is 0 Å². The predicted molar refractivity (Wildman–Crippen MR) is 88.5 cm³/mol. The number of benzene rings is 2. The van der Waals surface area contributed by atoms with Crippen LogP contribution in [0.2, 0.25) is 5.02 Å². The smallest absolute Gasteiger partial charge is 0.302 e. The van der Waals surface area contributed by atoms with E-state index >= 15 is 0 Å². The van der Waals surface area contributed by atoms with E-state index in [2.05, 4.69) is 5.32 Å². The van der Waals surface area contributed by atoms with E-state index in [-0.39, 0.29) is 11.4 Å². The molecule has 0 unspecified atom stereocenters. The summed E-state index contributed by atoms with van der Waals surface area (Å²) in [5.41, 5.74) is 0.696. The number of imide groups is 1. The number of amides is 3. The first-order chi connectivity index (χ1) is 11.5. The van der Waals surface area contributed by atoms with Crippen molar-refractivity contribution in [1.82, 2.24) is 5.32 Å². The van der Waals surface area contributed by atoms with Gasteiger partial charge in [0, 0.05) is 17.2 Å². The van der Waals surface area contributed by atoms with Gasteiger partial charge in [0.1, 0.15) is 5.70 Å². The second-order valence-electron chi connectivity index (χ2n) is 4.96. The van der Waals surface area contributed by atoms with Crippen LogP contribution in [0.3, 0.4) is 0 Å². The number of anilines is 1. The molecule has 1 fully saturated rings. The molecule has 1 heterocycles. The van der Waals surface area contributed by atoms with Crippen molar-refractivity contribution >= 4 is 41.0 Å². The van der Waals surface area contributed by atoms with Crippen LogP contribution < -0.4 is 10.2 Å².